The summed E-state index contributed by atoms with van der Waals surface area (Å²) < 4.78 is 18.1. The summed E-state index contributed by atoms with van der Waals surface area (Å²) in [5.74, 6) is 0.0848. The summed E-state index contributed by atoms with van der Waals surface area (Å²) in [5, 5.41) is 12.0. The zero-order valence-corrected chi connectivity index (χ0v) is 11.1. The van der Waals surface area contributed by atoms with E-state index in [1.165, 1.54) is 6.07 Å². The fourth-order valence-electron chi connectivity index (χ4n) is 1.76. The Morgan fingerprint density at radius 2 is 2.00 bits per heavy atom. The topological polar surface area (TPSA) is 57.9 Å². The summed E-state index contributed by atoms with van der Waals surface area (Å²) in [5.41, 5.74) is 1.95. The van der Waals surface area contributed by atoms with Crippen LogP contribution in [0, 0.1) is 17.1 Å². The molecule has 102 valence electrons. The van der Waals surface area contributed by atoms with E-state index >= 15 is 0 Å². The maximum atomic E-state index is 13.2. The van der Waals surface area contributed by atoms with Gasteiger partial charge < -0.3 is 10.1 Å². The monoisotopic (exact) mass is 271 g/mol. The van der Waals surface area contributed by atoms with Crippen LogP contribution in [0.4, 0.5) is 4.39 Å². The van der Waals surface area contributed by atoms with E-state index in [9.17, 15) is 4.39 Å². The van der Waals surface area contributed by atoms with Crippen molar-refractivity contribution < 1.29 is 9.13 Å². The molecule has 0 saturated carbocycles. The molecule has 0 amide bonds. The number of aromatic nitrogens is 1. The van der Waals surface area contributed by atoms with Crippen LogP contribution in [-0.4, -0.2) is 12.1 Å². The summed E-state index contributed by atoms with van der Waals surface area (Å²) >= 11 is 0. The van der Waals surface area contributed by atoms with Crippen LogP contribution >= 0.6 is 0 Å². The SMILES string of the molecule is COc1ccc(CNCc2ccc(F)c(C#N)c2)cn1. The van der Waals surface area contributed by atoms with Crippen molar-refractivity contribution in [3.05, 3.63) is 59.0 Å². The van der Waals surface area contributed by atoms with Gasteiger partial charge in [-0.15, -0.1) is 0 Å². The second-order valence-corrected chi connectivity index (χ2v) is 4.24. The van der Waals surface area contributed by atoms with E-state index < -0.39 is 5.82 Å². The van der Waals surface area contributed by atoms with Crippen molar-refractivity contribution in [1.29, 1.82) is 5.26 Å². The number of rotatable bonds is 5. The van der Waals surface area contributed by atoms with Gasteiger partial charge in [-0.1, -0.05) is 12.1 Å². The van der Waals surface area contributed by atoms with Crippen LogP contribution in [0.1, 0.15) is 16.7 Å². The Hall–Kier alpha value is -2.45. The quantitative estimate of drug-likeness (QED) is 0.907. The number of benzene rings is 1. The summed E-state index contributed by atoms with van der Waals surface area (Å²) in [6, 6.07) is 10.1. The molecule has 0 aliphatic heterocycles. The van der Waals surface area contributed by atoms with Crippen molar-refractivity contribution in [3.63, 3.8) is 0 Å². The lowest BCUT2D eigenvalue weighted by Crippen LogP contribution is -2.13. The smallest absolute Gasteiger partial charge is 0.212 e. The number of ether oxygens (including phenoxy) is 1. The molecular formula is C15H14FN3O. The Morgan fingerprint density at radius 1 is 1.25 bits per heavy atom. The second-order valence-electron chi connectivity index (χ2n) is 4.24. The first-order valence-corrected chi connectivity index (χ1v) is 6.11. The molecule has 1 N–H and O–H groups in total. The molecule has 0 bridgehead atoms. The van der Waals surface area contributed by atoms with Crippen molar-refractivity contribution in [3.8, 4) is 11.9 Å². The molecular weight excluding hydrogens is 257 g/mol. The van der Waals surface area contributed by atoms with Crippen LogP contribution in [0.25, 0.3) is 0 Å². The van der Waals surface area contributed by atoms with Gasteiger partial charge in [0.1, 0.15) is 11.9 Å². The Kier molecular flexibility index (Phi) is 4.64. The summed E-state index contributed by atoms with van der Waals surface area (Å²) in [6.07, 6.45) is 1.73. The van der Waals surface area contributed by atoms with Crippen LogP contribution < -0.4 is 10.1 Å². The van der Waals surface area contributed by atoms with Crippen LogP contribution in [0.2, 0.25) is 0 Å². The van der Waals surface area contributed by atoms with Crippen LogP contribution in [-0.2, 0) is 13.1 Å². The minimum atomic E-state index is -0.490. The standard InChI is InChI=1S/C15H14FN3O/c1-20-15-5-3-12(10-19-15)9-18-8-11-2-4-14(16)13(6-11)7-17/h2-6,10,18H,8-9H2,1H3. The molecule has 0 aliphatic carbocycles. The first-order chi connectivity index (χ1) is 9.72. The van der Waals surface area contributed by atoms with E-state index in [0.29, 0.717) is 19.0 Å². The highest BCUT2D eigenvalue weighted by Gasteiger charge is 2.02. The molecule has 1 heterocycles. The van der Waals surface area contributed by atoms with E-state index in [0.717, 1.165) is 11.1 Å². The van der Waals surface area contributed by atoms with Crippen LogP contribution in [0.3, 0.4) is 0 Å². The van der Waals surface area contributed by atoms with Crippen molar-refractivity contribution in [1.82, 2.24) is 10.3 Å². The normalized spacial score (nSPS) is 10.1. The lowest BCUT2D eigenvalue weighted by molar-refractivity contribution is 0.397. The van der Waals surface area contributed by atoms with E-state index in [2.05, 4.69) is 10.3 Å². The molecule has 0 saturated heterocycles. The van der Waals surface area contributed by atoms with Gasteiger partial charge in [-0.2, -0.15) is 5.26 Å². The Labute approximate surface area is 116 Å². The predicted molar refractivity (Wildman–Crippen MR) is 72.4 cm³/mol. The number of methoxy groups -OCH3 is 1. The first-order valence-electron chi connectivity index (χ1n) is 6.11. The van der Waals surface area contributed by atoms with E-state index in [1.807, 2.05) is 12.1 Å². The molecule has 0 atom stereocenters. The zero-order chi connectivity index (χ0) is 14.4. The molecule has 0 radical (unpaired) electrons. The van der Waals surface area contributed by atoms with Crippen molar-refractivity contribution in [2.24, 2.45) is 0 Å². The molecule has 2 rings (SSSR count). The third-order valence-corrected chi connectivity index (χ3v) is 2.82. The minimum Gasteiger partial charge on any atom is -0.481 e. The summed E-state index contributed by atoms with van der Waals surface area (Å²) in [4.78, 5) is 4.11. The van der Waals surface area contributed by atoms with Gasteiger partial charge in [0.05, 0.1) is 12.7 Å². The molecule has 1 aromatic carbocycles. The Balaban J connectivity index is 1.91. The number of pyridine rings is 1. The average Bonchev–Trinajstić information content (AvgIpc) is 2.49. The van der Waals surface area contributed by atoms with E-state index in [-0.39, 0.29) is 5.56 Å². The highest BCUT2D eigenvalue weighted by molar-refractivity contribution is 5.34. The fourth-order valence-corrected chi connectivity index (χ4v) is 1.76. The molecule has 4 nitrogen and oxygen atoms in total. The third kappa shape index (κ3) is 3.53. The number of nitrogens with one attached hydrogen (secondary N) is 1. The highest BCUT2D eigenvalue weighted by atomic mass is 19.1. The van der Waals surface area contributed by atoms with Gasteiger partial charge in [0.15, 0.2) is 0 Å². The zero-order valence-electron chi connectivity index (χ0n) is 11.1. The van der Waals surface area contributed by atoms with Gasteiger partial charge in [0.2, 0.25) is 5.88 Å². The lowest BCUT2D eigenvalue weighted by atomic mass is 10.1. The van der Waals surface area contributed by atoms with Crippen LogP contribution in [0.5, 0.6) is 5.88 Å². The van der Waals surface area contributed by atoms with Crippen molar-refractivity contribution in [2.75, 3.05) is 7.11 Å². The van der Waals surface area contributed by atoms with Gasteiger partial charge in [0.25, 0.3) is 0 Å². The molecule has 0 aliphatic rings. The summed E-state index contributed by atoms with van der Waals surface area (Å²) in [6.45, 7) is 1.19. The number of hydrogen-bond acceptors (Lipinski definition) is 4. The minimum absolute atomic E-state index is 0.0652. The first kappa shape index (κ1) is 14.0. The van der Waals surface area contributed by atoms with Gasteiger partial charge in [-0.25, -0.2) is 9.37 Å². The van der Waals surface area contributed by atoms with Gasteiger partial charge >= 0.3 is 0 Å². The van der Waals surface area contributed by atoms with E-state index in [4.69, 9.17) is 10.00 Å². The number of nitriles is 1. The number of hydrogen-bond donors (Lipinski definition) is 1. The van der Waals surface area contributed by atoms with Gasteiger partial charge in [-0.05, 0) is 23.3 Å². The maximum Gasteiger partial charge on any atom is 0.212 e. The fraction of sp³-hybridized carbons (Fsp3) is 0.200. The second kappa shape index (κ2) is 6.64. The number of halogens is 1. The maximum absolute atomic E-state index is 13.2. The Bertz CT molecular complexity index is 620. The van der Waals surface area contributed by atoms with Crippen molar-refractivity contribution >= 4 is 0 Å². The highest BCUT2D eigenvalue weighted by Crippen LogP contribution is 2.10. The molecule has 2 aromatic rings. The molecule has 0 unspecified atom stereocenters. The molecule has 0 spiro atoms. The average molecular weight is 271 g/mol. The molecule has 5 heteroatoms. The van der Waals surface area contributed by atoms with E-state index in [1.54, 1.807) is 31.5 Å². The molecule has 20 heavy (non-hydrogen) atoms. The molecule has 1 aromatic heterocycles. The largest absolute Gasteiger partial charge is 0.481 e. The Morgan fingerprint density at radius 3 is 2.65 bits per heavy atom. The third-order valence-electron chi connectivity index (χ3n) is 2.82. The molecule has 0 fully saturated rings. The van der Waals surface area contributed by atoms with Crippen molar-refractivity contribution in [2.45, 2.75) is 13.1 Å². The predicted octanol–water partition coefficient (Wildman–Crippen LogP) is 2.39. The lowest BCUT2D eigenvalue weighted by Gasteiger charge is -2.06. The number of nitrogens with zero attached hydrogens (tertiary/aromatic N) is 2. The van der Waals surface area contributed by atoms with Gasteiger partial charge in [0, 0.05) is 25.4 Å². The van der Waals surface area contributed by atoms with Gasteiger partial charge in [-0.3, -0.25) is 0 Å². The summed E-state index contributed by atoms with van der Waals surface area (Å²) in [7, 11) is 1.57. The van der Waals surface area contributed by atoms with Crippen LogP contribution in [0.15, 0.2) is 36.5 Å².